The van der Waals surface area contributed by atoms with E-state index in [1.54, 1.807) is 49.8 Å². The van der Waals surface area contributed by atoms with Gasteiger partial charge in [0.15, 0.2) is 0 Å². The van der Waals surface area contributed by atoms with Crippen molar-refractivity contribution in [2.24, 2.45) is 14.1 Å². The van der Waals surface area contributed by atoms with Crippen molar-refractivity contribution in [3.63, 3.8) is 0 Å². The number of aryl methyl sites for hydroxylation is 2. The summed E-state index contributed by atoms with van der Waals surface area (Å²) in [4.78, 5) is 13.8. The highest BCUT2D eigenvalue weighted by molar-refractivity contribution is 7.99. The minimum atomic E-state index is -3.75. The number of sulfonamides is 1. The first-order valence-corrected chi connectivity index (χ1v) is 12.0. The molecule has 10 heteroatoms. The molecule has 0 atom stereocenters. The molecule has 4 aromatic rings. The van der Waals surface area contributed by atoms with Gasteiger partial charge in [0.05, 0.1) is 21.7 Å². The number of hydrogen-bond donors (Lipinski definition) is 1. The van der Waals surface area contributed by atoms with Gasteiger partial charge >= 0.3 is 5.69 Å². The van der Waals surface area contributed by atoms with E-state index in [1.165, 1.54) is 20.9 Å². The first kappa shape index (κ1) is 20.1. The van der Waals surface area contributed by atoms with Crippen LogP contribution in [-0.2, 0) is 24.1 Å². The quantitative estimate of drug-likeness (QED) is 0.469. The normalized spacial score (nSPS) is 11.8. The molecule has 150 valence electrons. The van der Waals surface area contributed by atoms with Crippen molar-refractivity contribution in [3.05, 3.63) is 69.4 Å². The first-order valence-electron chi connectivity index (χ1n) is 8.46. The molecule has 0 aliphatic rings. The topological polar surface area (TPSA) is 73.1 Å². The number of fused-ring (bicyclic) bond motifs is 1. The number of anilines is 1. The van der Waals surface area contributed by atoms with Crippen LogP contribution in [0.25, 0.3) is 11.0 Å². The molecule has 0 saturated carbocycles. The lowest BCUT2D eigenvalue weighted by atomic mass is 10.3. The maximum absolute atomic E-state index is 12.8. The number of benzene rings is 2. The summed E-state index contributed by atoms with van der Waals surface area (Å²) < 4.78 is 31.5. The van der Waals surface area contributed by atoms with Gasteiger partial charge in [-0.3, -0.25) is 13.9 Å². The standard InChI is InChI=1S/C19H16ClN3O3S3/c1-22-14-10-13(21-29(25,26)18-8-5-9-27-18)17(11-15(14)23(2)19(22)24)28-16-7-4-3-6-12(16)20/h3-11,21H,1-2H3. The minimum absolute atomic E-state index is 0.188. The van der Waals surface area contributed by atoms with E-state index in [9.17, 15) is 13.2 Å². The van der Waals surface area contributed by atoms with Crippen molar-refractivity contribution in [3.8, 4) is 0 Å². The Morgan fingerprint density at radius 1 is 1.00 bits per heavy atom. The summed E-state index contributed by atoms with van der Waals surface area (Å²) in [7, 11) is -0.411. The molecule has 0 bridgehead atoms. The van der Waals surface area contributed by atoms with Crippen LogP contribution >= 0.6 is 34.7 Å². The van der Waals surface area contributed by atoms with Gasteiger partial charge in [0.2, 0.25) is 0 Å². The summed E-state index contributed by atoms with van der Waals surface area (Å²) in [5, 5.41) is 2.27. The van der Waals surface area contributed by atoms with Crippen LogP contribution < -0.4 is 10.4 Å². The Morgan fingerprint density at radius 2 is 1.69 bits per heavy atom. The Bertz CT molecular complexity index is 1370. The van der Waals surface area contributed by atoms with Crippen LogP contribution in [0.5, 0.6) is 0 Å². The molecule has 6 nitrogen and oxygen atoms in total. The molecule has 0 aliphatic carbocycles. The van der Waals surface area contributed by atoms with Crippen molar-refractivity contribution in [1.29, 1.82) is 0 Å². The smallest absolute Gasteiger partial charge is 0.295 e. The number of nitrogens with zero attached hydrogens (tertiary/aromatic N) is 2. The maximum Gasteiger partial charge on any atom is 0.328 e. The molecule has 0 aliphatic heterocycles. The fourth-order valence-electron chi connectivity index (χ4n) is 2.95. The molecule has 1 N–H and O–H groups in total. The molecule has 0 spiro atoms. The van der Waals surface area contributed by atoms with E-state index in [1.807, 2.05) is 18.2 Å². The van der Waals surface area contributed by atoms with Gasteiger partial charge in [0.25, 0.3) is 10.0 Å². The van der Waals surface area contributed by atoms with E-state index in [0.29, 0.717) is 26.6 Å². The summed E-state index contributed by atoms with van der Waals surface area (Å²) in [6.07, 6.45) is 0. The van der Waals surface area contributed by atoms with Crippen LogP contribution in [0, 0.1) is 0 Å². The van der Waals surface area contributed by atoms with Crippen molar-refractivity contribution >= 4 is 61.4 Å². The number of nitrogens with one attached hydrogen (secondary N) is 1. The van der Waals surface area contributed by atoms with Crippen molar-refractivity contribution in [2.75, 3.05) is 4.72 Å². The highest BCUT2D eigenvalue weighted by atomic mass is 35.5. The Labute approximate surface area is 180 Å². The first-order chi connectivity index (χ1) is 13.8. The minimum Gasteiger partial charge on any atom is -0.295 e. The molecule has 0 fully saturated rings. The number of halogens is 1. The molecule has 0 amide bonds. The highest BCUT2D eigenvalue weighted by Gasteiger charge is 2.20. The van der Waals surface area contributed by atoms with Crippen molar-refractivity contribution in [1.82, 2.24) is 9.13 Å². The summed E-state index contributed by atoms with van der Waals surface area (Å²) in [6.45, 7) is 0. The van der Waals surface area contributed by atoms with E-state index < -0.39 is 10.0 Å². The molecule has 2 aromatic heterocycles. The maximum atomic E-state index is 12.8. The summed E-state index contributed by atoms with van der Waals surface area (Å²) in [5.74, 6) is 0. The zero-order valence-electron chi connectivity index (χ0n) is 15.4. The van der Waals surface area contributed by atoms with Gasteiger partial charge in [0.1, 0.15) is 4.21 Å². The van der Waals surface area contributed by atoms with Gasteiger partial charge in [-0.25, -0.2) is 13.2 Å². The lowest BCUT2D eigenvalue weighted by molar-refractivity contribution is 0.603. The van der Waals surface area contributed by atoms with Crippen LogP contribution in [0.1, 0.15) is 0 Å². The van der Waals surface area contributed by atoms with Gasteiger partial charge in [-0.15, -0.1) is 11.3 Å². The third-order valence-electron chi connectivity index (χ3n) is 4.43. The third-order valence-corrected chi connectivity index (χ3v) is 8.77. The van der Waals surface area contributed by atoms with E-state index >= 15 is 0 Å². The Balaban J connectivity index is 1.89. The molecule has 0 unspecified atom stereocenters. The second-order valence-corrected chi connectivity index (χ2v) is 10.7. The van der Waals surface area contributed by atoms with E-state index in [2.05, 4.69) is 4.72 Å². The average Bonchev–Trinajstić information content (AvgIpc) is 3.30. The summed E-state index contributed by atoms with van der Waals surface area (Å²) in [5.41, 5.74) is 1.53. The van der Waals surface area contributed by atoms with Crippen LogP contribution in [0.15, 0.2) is 72.7 Å². The molecule has 4 rings (SSSR count). The molecule has 2 aromatic carbocycles. The second-order valence-electron chi connectivity index (χ2n) is 6.31. The lowest BCUT2D eigenvalue weighted by Crippen LogP contribution is -2.19. The van der Waals surface area contributed by atoms with Gasteiger partial charge in [-0.05, 0) is 35.7 Å². The Morgan fingerprint density at radius 3 is 2.34 bits per heavy atom. The molecule has 0 radical (unpaired) electrons. The summed E-state index contributed by atoms with van der Waals surface area (Å²) in [6, 6.07) is 14.0. The van der Waals surface area contributed by atoms with Crippen LogP contribution in [0.2, 0.25) is 5.02 Å². The van der Waals surface area contributed by atoms with E-state index in [0.717, 1.165) is 16.2 Å². The van der Waals surface area contributed by atoms with Crippen LogP contribution in [0.4, 0.5) is 5.69 Å². The molecular weight excluding hydrogens is 450 g/mol. The fraction of sp³-hybridized carbons (Fsp3) is 0.105. The third kappa shape index (κ3) is 3.71. The fourth-order valence-corrected chi connectivity index (χ4v) is 6.27. The molecule has 29 heavy (non-hydrogen) atoms. The molecule has 2 heterocycles. The zero-order chi connectivity index (χ0) is 20.8. The van der Waals surface area contributed by atoms with Gasteiger partial charge < -0.3 is 0 Å². The number of hydrogen-bond acceptors (Lipinski definition) is 5. The van der Waals surface area contributed by atoms with Crippen molar-refractivity contribution < 1.29 is 8.42 Å². The second kappa shape index (κ2) is 7.56. The largest absolute Gasteiger partial charge is 0.328 e. The molecular formula is C19H16ClN3O3S3. The Hall–Kier alpha value is -2.20. The lowest BCUT2D eigenvalue weighted by Gasteiger charge is -2.13. The zero-order valence-corrected chi connectivity index (χ0v) is 18.6. The van der Waals surface area contributed by atoms with Gasteiger partial charge in [-0.2, -0.15) is 0 Å². The number of imidazole rings is 1. The monoisotopic (exact) mass is 465 g/mol. The average molecular weight is 466 g/mol. The number of thiophene rings is 1. The highest BCUT2D eigenvalue weighted by Crippen LogP contribution is 2.40. The number of aromatic nitrogens is 2. The van der Waals surface area contributed by atoms with Crippen LogP contribution in [-0.4, -0.2) is 17.6 Å². The SMILES string of the molecule is Cn1c(=O)n(C)c2cc(Sc3ccccc3Cl)c(NS(=O)(=O)c3cccs3)cc21. The Kier molecular flexibility index (Phi) is 5.24. The summed E-state index contributed by atoms with van der Waals surface area (Å²) >= 11 is 8.78. The predicted octanol–water partition coefficient (Wildman–Crippen LogP) is 4.54. The van der Waals surface area contributed by atoms with Gasteiger partial charge in [0, 0.05) is 23.9 Å². The van der Waals surface area contributed by atoms with E-state index in [-0.39, 0.29) is 9.90 Å². The predicted molar refractivity (Wildman–Crippen MR) is 119 cm³/mol. The van der Waals surface area contributed by atoms with Crippen molar-refractivity contribution in [2.45, 2.75) is 14.0 Å². The molecule has 0 saturated heterocycles. The number of rotatable bonds is 5. The van der Waals surface area contributed by atoms with Crippen LogP contribution in [0.3, 0.4) is 0 Å². The van der Waals surface area contributed by atoms with E-state index in [4.69, 9.17) is 11.6 Å². The van der Waals surface area contributed by atoms with Gasteiger partial charge in [-0.1, -0.05) is 41.6 Å².